The average molecular weight is 461 g/mol. The summed E-state index contributed by atoms with van der Waals surface area (Å²) < 4.78 is 28.6. The first-order valence-corrected chi connectivity index (χ1v) is 12.5. The molecule has 0 atom stereocenters. The summed E-state index contributed by atoms with van der Waals surface area (Å²) in [5, 5.41) is 0.895. The zero-order valence-electron chi connectivity index (χ0n) is 19.1. The Kier molecular flexibility index (Phi) is 6.49. The molecule has 1 aromatic heterocycles. The number of pyridine rings is 1. The number of aromatic nitrogens is 1. The SMILES string of the molecule is CCc1ccc2[nH]c(=O)c(CN(Cc3ccc(C)cc3)S(=O)(=O)c3ccc(C)cc3)cc2c1. The van der Waals surface area contributed by atoms with Gasteiger partial charge in [-0.2, -0.15) is 4.31 Å². The molecule has 6 heteroatoms. The van der Waals surface area contributed by atoms with Gasteiger partial charge in [-0.1, -0.05) is 60.5 Å². The molecule has 0 radical (unpaired) electrons. The Morgan fingerprint density at radius 1 is 0.788 bits per heavy atom. The van der Waals surface area contributed by atoms with Crippen LogP contribution in [0.25, 0.3) is 10.9 Å². The van der Waals surface area contributed by atoms with Crippen LogP contribution < -0.4 is 5.56 Å². The fourth-order valence-corrected chi connectivity index (χ4v) is 5.22. The Balaban J connectivity index is 1.77. The van der Waals surface area contributed by atoms with Crippen LogP contribution >= 0.6 is 0 Å². The molecule has 1 heterocycles. The molecular weight excluding hydrogens is 432 g/mol. The summed E-state index contributed by atoms with van der Waals surface area (Å²) in [4.78, 5) is 16.0. The van der Waals surface area contributed by atoms with Gasteiger partial charge >= 0.3 is 0 Å². The summed E-state index contributed by atoms with van der Waals surface area (Å²) in [7, 11) is -3.83. The highest BCUT2D eigenvalue weighted by molar-refractivity contribution is 7.89. The highest BCUT2D eigenvalue weighted by Gasteiger charge is 2.26. The van der Waals surface area contributed by atoms with Gasteiger partial charge in [0, 0.05) is 24.2 Å². The molecule has 170 valence electrons. The van der Waals surface area contributed by atoms with Crippen molar-refractivity contribution in [2.75, 3.05) is 0 Å². The first kappa shape index (κ1) is 23.0. The molecule has 4 rings (SSSR count). The van der Waals surface area contributed by atoms with Gasteiger partial charge in [0.1, 0.15) is 0 Å². The van der Waals surface area contributed by atoms with Gasteiger partial charge in [0.2, 0.25) is 10.0 Å². The molecule has 0 aliphatic rings. The van der Waals surface area contributed by atoms with E-state index in [1.807, 2.05) is 56.3 Å². The van der Waals surface area contributed by atoms with Crippen molar-refractivity contribution in [1.82, 2.24) is 9.29 Å². The van der Waals surface area contributed by atoms with E-state index in [1.165, 1.54) is 4.31 Å². The molecule has 0 fully saturated rings. The monoisotopic (exact) mass is 460 g/mol. The number of H-pyrrole nitrogens is 1. The van der Waals surface area contributed by atoms with Crippen molar-refractivity contribution >= 4 is 20.9 Å². The number of nitrogens with zero attached hydrogens (tertiary/aromatic N) is 1. The van der Waals surface area contributed by atoms with Crippen LogP contribution in [0.2, 0.25) is 0 Å². The number of aryl methyl sites for hydroxylation is 3. The van der Waals surface area contributed by atoms with Crippen LogP contribution in [-0.4, -0.2) is 17.7 Å². The average Bonchev–Trinajstić information content (AvgIpc) is 2.80. The van der Waals surface area contributed by atoms with Crippen LogP contribution in [0.5, 0.6) is 0 Å². The Morgan fingerprint density at radius 3 is 2.03 bits per heavy atom. The number of aromatic amines is 1. The molecule has 0 saturated carbocycles. The van der Waals surface area contributed by atoms with E-state index in [0.29, 0.717) is 5.56 Å². The lowest BCUT2D eigenvalue weighted by atomic mass is 10.1. The number of hydrogen-bond donors (Lipinski definition) is 1. The summed E-state index contributed by atoms with van der Waals surface area (Å²) in [5.74, 6) is 0. The minimum atomic E-state index is -3.83. The van der Waals surface area contributed by atoms with Crippen LogP contribution in [0.3, 0.4) is 0 Å². The van der Waals surface area contributed by atoms with Crippen LogP contribution in [0.4, 0.5) is 0 Å². The van der Waals surface area contributed by atoms with E-state index in [0.717, 1.165) is 39.6 Å². The molecule has 33 heavy (non-hydrogen) atoms. The number of rotatable bonds is 7. The van der Waals surface area contributed by atoms with Gasteiger partial charge in [0.15, 0.2) is 0 Å². The number of fused-ring (bicyclic) bond motifs is 1. The van der Waals surface area contributed by atoms with Gasteiger partial charge in [0.05, 0.1) is 4.90 Å². The van der Waals surface area contributed by atoms with Gasteiger partial charge in [-0.3, -0.25) is 4.79 Å². The van der Waals surface area contributed by atoms with Crippen molar-refractivity contribution in [2.24, 2.45) is 0 Å². The fourth-order valence-electron chi connectivity index (χ4n) is 3.81. The summed E-state index contributed by atoms with van der Waals surface area (Å²) >= 11 is 0. The summed E-state index contributed by atoms with van der Waals surface area (Å²) in [6.07, 6.45) is 0.881. The minimum absolute atomic E-state index is 0.0221. The first-order valence-electron chi connectivity index (χ1n) is 11.0. The molecule has 4 aromatic rings. The van der Waals surface area contributed by atoms with Crippen molar-refractivity contribution in [3.8, 4) is 0 Å². The van der Waals surface area contributed by atoms with Gasteiger partial charge in [-0.05, 0) is 67.1 Å². The molecule has 0 aliphatic carbocycles. The zero-order chi connectivity index (χ0) is 23.6. The van der Waals surface area contributed by atoms with Crippen molar-refractivity contribution in [2.45, 2.75) is 45.2 Å². The smallest absolute Gasteiger partial charge is 0.252 e. The molecule has 0 bridgehead atoms. The third-order valence-electron chi connectivity index (χ3n) is 5.88. The maximum atomic E-state index is 13.6. The maximum Gasteiger partial charge on any atom is 0.252 e. The molecule has 0 aliphatic heterocycles. The third-order valence-corrected chi connectivity index (χ3v) is 7.68. The van der Waals surface area contributed by atoms with Crippen molar-refractivity contribution in [3.05, 3.63) is 111 Å². The molecule has 0 unspecified atom stereocenters. The van der Waals surface area contributed by atoms with Crippen LogP contribution in [0, 0.1) is 13.8 Å². The van der Waals surface area contributed by atoms with Crippen LogP contribution in [-0.2, 0) is 29.5 Å². The highest BCUT2D eigenvalue weighted by atomic mass is 32.2. The number of hydrogen-bond acceptors (Lipinski definition) is 3. The number of sulfonamides is 1. The van der Waals surface area contributed by atoms with E-state index in [4.69, 9.17) is 0 Å². The molecule has 0 amide bonds. The largest absolute Gasteiger partial charge is 0.322 e. The third kappa shape index (κ3) is 5.07. The van der Waals surface area contributed by atoms with E-state index < -0.39 is 10.0 Å². The Bertz CT molecular complexity index is 1440. The first-order chi connectivity index (χ1) is 15.8. The topological polar surface area (TPSA) is 70.2 Å². The number of benzene rings is 3. The molecular formula is C27H28N2O3S. The molecule has 3 aromatic carbocycles. The number of nitrogens with one attached hydrogen (secondary N) is 1. The van der Waals surface area contributed by atoms with E-state index in [-0.39, 0.29) is 23.5 Å². The quantitative estimate of drug-likeness (QED) is 0.417. The van der Waals surface area contributed by atoms with Gasteiger partial charge in [-0.25, -0.2) is 8.42 Å². The van der Waals surface area contributed by atoms with Crippen LogP contribution in [0.15, 0.2) is 82.5 Å². The molecule has 5 nitrogen and oxygen atoms in total. The summed E-state index contributed by atoms with van der Waals surface area (Å²) in [6.45, 7) is 6.13. The van der Waals surface area contributed by atoms with E-state index in [1.54, 1.807) is 30.3 Å². The predicted molar refractivity (Wildman–Crippen MR) is 133 cm³/mol. The molecule has 0 spiro atoms. The standard InChI is InChI=1S/C27H28N2O3S/c1-4-21-11-14-26-23(15-21)16-24(27(30)28-26)18-29(17-22-9-5-19(2)6-10-22)33(31,32)25-12-7-20(3)8-13-25/h5-16H,4,17-18H2,1-3H3,(H,28,30). The Hall–Kier alpha value is -3.22. The van der Waals surface area contributed by atoms with E-state index in [9.17, 15) is 13.2 Å². The summed E-state index contributed by atoms with van der Waals surface area (Å²) in [6, 6.07) is 22.3. The maximum absolute atomic E-state index is 13.6. The van der Waals surface area contributed by atoms with Crippen molar-refractivity contribution in [1.29, 1.82) is 0 Å². The Morgan fingerprint density at radius 2 is 1.39 bits per heavy atom. The molecule has 0 saturated heterocycles. The van der Waals surface area contributed by atoms with Gasteiger partial charge < -0.3 is 4.98 Å². The van der Waals surface area contributed by atoms with Crippen molar-refractivity contribution in [3.63, 3.8) is 0 Å². The van der Waals surface area contributed by atoms with E-state index >= 15 is 0 Å². The highest BCUT2D eigenvalue weighted by Crippen LogP contribution is 2.22. The second kappa shape index (κ2) is 9.33. The second-order valence-electron chi connectivity index (χ2n) is 8.47. The lowest BCUT2D eigenvalue weighted by molar-refractivity contribution is 0.400. The van der Waals surface area contributed by atoms with Gasteiger partial charge in [0.25, 0.3) is 5.56 Å². The van der Waals surface area contributed by atoms with Crippen molar-refractivity contribution < 1.29 is 8.42 Å². The van der Waals surface area contributed by atoms with Gasteiger partial charge in [-0.15, -0.1) is 0 Å². The molecule has 1 N–H and O–H groups in total. The lowest BCUT2D eigenvalue weighted by Crippen LogP contribution is -2.32. The fraction of sp³-hybridized carbons (Fsp3) is 0.222. The zero-order valence-corrected chi connectivity index (χ0v) is 19.9. The minimum Gasteiger partial charge on any atom is -0.322 e. The van der Waals surface area contributed by atoms with Crippen LogP contribution in [0.1, 0.15) is 34.7 Å². The van der Waals surface area contributed by atoms with E-state index in [2.05, 4.69) is 11.9 Å². The Labute approximate surface area is 194 Å². The second-order valence-corrected chi connectivity index (χ2v) is 10.4. The summed E-state index contributed by atoms with van der Waals surface area (Å²) in [5.41, 5.74) is 4.98. The lowest BCUT2D eigenvalue weighted by Gasteiger charge is -2.23. The normalized spacial score (nSPS) is 11.9. The predicted octanol–water partition coefficient (Wildman–Crippen LogP) is 5.10.